The molecule has 0 amide bonds. The summed E-state index contributed by atoms with van der Waals surface area (Å²) in [6.45, 7) is 3.99. The predicted octanol–water partition coefficient (Wildman–Crippen LogP) is 6.22. The number of rotatable bonds is 9. The summed E-state index contributed by atoms with van der Waals surface area (Å²) in [6, 6.07) is 13.7. The van der Waals surface area contributed by atoms with Gasteiger partial charge in [0, 0.05) is 18.2 Å². The Labute approximate surface area is 153 Å². The second-order valence-electron chi connectivity index (χ2n) is 7.39. The summed E-state index contributed by atoms with van der Waals surface area (Å²) in [5.41, 5.74) is 1.33. The van der Waals surface area contributed by atoms with Crippen molar-refractivity contribution in [3.05, 3.63) is 42.0 Å². The number of ether oxygens (including phenoxy) is 1. The van der Waals surface area contributed by atoms with Gasteiger partial charge in [0.2, 0.25) is 0 Å². The topological polar surface area (TPSA) is 21.3 Å². The number of nitrogens with one attached hydrogen (secondary N) is 1. The smallest absolute Gasteiger partial charge is 0.124 e. The van der Waals surface area contributed by atoms with Crippen LogP contribution in [0, 0.1) is 0 Å². The first kappa shape index (κ1) is 18.3. The normalized spacial score (nSPS) is 15.6. The van der Waals surface area contributed by atoms with Gasteiger partial charge in [-0.2, -0.15) is 0 Å². The number of benzene rings is 2. The van der Waals surface area contributed by atoms with E-state index >= 15 is 0 Å². The maximum Gasteiger partial charge on any atom is 0.124 e. The molecule has 1 N–H and O–H groups in total. The van der Waals surface area contributed by atoms with Gasteiger partial charge in [0.1, 0.15) is 5.75 Å². The molecule has 25 heavy (non-hydrogen) atoms. The lowest BCUT2D eigenvalue weighted by Crippen LogP contribution is -2.30. The second kappa shape index (κ2) is 9.82. The van der Waals surface area contributed by atoms with Crippen molar-refractivity contribution in [3.8, 4) is 5.75 Å². The van der Waals surface area contributed by atoms with E-state index in [0.717, 1.165) is 25.3 Å². The highest BCUT2D eigenvalue weighted by Crippen LogP contribution is 2.29. The molecule has 0 radical (unpaired) electrons. The molecule has 0 aliphatic heterocycles. The first-order chi connectivity index (χ1) is 12.4. The molecule has 0 atom stereocenters. The van der Waals surface area contributed by atoms with Gasteiger partial charge in [-0.3, -0.25) is 0 Å². The second-order valence-corrected chi connectivity index (χ2v) is 7.39. The molecular formula is C23H33NO. The minimum absolute atomic E-state index is 0.671. The Morgan fingerprint density at radius 3 is 2.64 bits per heavy atom. The summed E-state index contributed by atoms with van der Waals surface area (Å²) in [5, 5.41) is 6.44. The quantitative estimate of drug-likeness (QED) is 0.547. The van der Waals surface area contributed by atoms with Crippen LogP contribution in [0.3, 0.4) is 0 Å². The van der Waals surface area contributed by atoms with Gasteiger partial charge in [-0.1, -0.05) is 75.8 Å². The Morgan fingerprint density at radius 1 is 0.960 bits per heavy atom. The SMILES string of the molecule is CCCCCCOc1ccc2ccccc2c1CNC1CCCCC1. The monoisotopic (exact) mass is 339 g/mol. The third-order valence-corrected chi connectivity index (χ3v) is 5.43. The zero-order chi connectivity index (χ0) is 17.3. The van der Waals surface area contributed by atoms with Crippen molar-refractivity contribution in [2.75, 3.05) is 6.61 Å². The van der Waals surface area contributed by atoms with Gasteiger partial charge in [-0.15, -0.1) is 0 Å². The molecule has 2 aromatic carbocycles. The van der Waals surface area contributed by atoms with E-state index in [4.69, 9.17) is 4.74 Å². The predicted molar refractivity (Wildman–Crippen MR) is 107 cm³/mol. The minimum Gasteiger partial charge on any atom is -0.493 e. The summed E-state index contributed by atoms with van der Waals surface area (Å²) in [6.07, 6.45) is 11.8. The lowest BCUT2D eigenvalue weighted by atomic mass is 9.95. The van der Waals surface area contributed by atoms with Crippen molar-refractivity contribution < 1.29 is 4.74 Å². The Balaban J connectivity index is 1.70. The Kier molecular flexibility index (Phi) is 7.17. The van der Waals surface area contributed by atoms with Gasteiger partial charge in [0.05, 0.1) is 6.61 Å². The fraction of sp³-hybridized carbons (Fsp3) is 0.565. The van der Waals surface area contributed by atoms with Crippen molar-refractivity contribution in [1.29, 1.82) is 0 Å². The lowest BCUT2D eigenvalue weighted by molar-refractivity contribution is 0.300. The highest BCUT2D eigenvalue weighted by Gasteiger charge is 2.15. The summed E-state index contributed by atoms with van der Waals surface area (Å²) < 4.78 is 6.19. The summed E-state index contributed by atoms with van der Waals surface area (Å²) in [7, 11) is 0. The average Bonchev–Trinajstić information content (AvgIpc) is 2.67. The maximum atomic E-state index is 6.19. The van der Waals surface area contributed by atoms with Gasteiger partial charge in [0.15, 0.2) is 0 Å². The van der Waals surface area contributed by atoms with Crippen LogP contribution in [0.1, 0.15) is 70.3 Å². The standard InChI is InChI=1S/C23H33NO/c1-2-3-4-10-17-25-23-16-15-19-11-8-9-14-21(19)22(23)18-24-20-12-6-5-7-13-20/h8-9,11,14-16,20,24H,2-7,10,12-13,17-18H2,1H3. The lowest BCUT2D eigenvalue weighted by Gasteiger charge is -2.24. The van der Waals surface area contributed by atoms with Crippen LogP contribution in [0.25, 0.3) is 10.8 Å². The van der Waals surface area contributed by atoms with Crippen LogP contribution in [0.15, 0.2) is 36.4 Å². The van der Waals surface area contributed by atoms with Gasteiger partial charge in [0.25, 0.3) is 0 Å². The van der Waals surface area contributed by atoms with Gasteiger partial charge < -0.3 is 10.1 Å². The molecule has 136 valence electrons. The zero-order valence-corrected chi connectivity index (χ0v) is 15.7. The Morgan fingerprint density at radius 2 is 1.80 bits per heavy atom. The molecule has 1 saturated carbocycles. The van der Waals surface area contributed by atoms with E-state index in [1.54, 1.807) is 0 Å². The highest BCUT2D eigenvalue weighted by molar-refractivity contribution is 5.87. The van der Waals surface area contributed by atoms with Crippen LogP contribution < -0.4 is 10.1 Å². The molecule has 0 spiro atoms. The van der Waals surface area contributed by atoms with Crippen LogP contribution in [0.4, 0.5) is 0 Å². The molecule has 1 aliphatic carbocycles. The van der Waals surface area contributed by atoms with E-state index in [9.17, 15) is 0 Å². The molecule has 0 unspecified atom stereocenters. The molecule has 2 nitrogen and oxygen atoms in total. The van der Waals surface area contributed by atoms with E-state index in [-0.39, 0.29) is 0 Å². The molecule has 2 aromatic rings. The van der Waals surface area contributed by atoms with Crippen LogP contribution in [-0.2, 0) is 6.54 Å². The van der Waals surface area contributed by atoms with Crippen molar-refractivity contribution in [2.45, 2.75) is 77.3 Å². The van der Waals surface area contributed by atoms with Crippen molar-refractivity contribution in [2.24, 2.45) is 0 Å². The molecule has 0 heterocycles. The van der Waals surface area contributed by atoms with E-state index in [1.165, 1.54) is 67.7 Å². The average molecular weight is 340 g/mol. The third kappa shape index (κ3) is 5.22. The van der Waals surface area contributed by atoms with Crippen molar-refractivity contribution in [3.63, 3.8) is 0 Å². The Bertz CT molecular complexity index is 646. The van der Waals surface area contributed by atoms with Gasteiger partial charge in [-0.05, 0) is 36.1 Å². The van der Waals surface area contributed by atoms with E-state index in [0.29, 0.717) is 6.04 Å². The van der Waals surface area contributed by atoms with E-state index in [1.807, 2.05) is 0 Å². The van der Waals surface area contributed by atoms with E-state index in [2.05, 4.69) is 48.6 Å². The number of unbranched alkanes of at least 4 members (excludes halogenated alkanes) is 3. The zero-order valence-electron chi connectivity index (χ0n) is 15.7. The van der Waals surface area contributed by atoms with Crippen LogP contribution in [-0.4, -0.2) is 12.6 Å². The van der Waals surface area contributed by atoms with Crippen molar-refractivity contribution >= 4 is 10.8 Å². The number of hydrogen-bond acceptors (Lipinski definition) is 2. The minimum atomic E-state index is 0.671. The molecular weight excluding hydrogens is 306 g/mol. The molecule has 1 fully saturated rings. The molecule has 2 heteroatoms. The van der Waals surface area contributed by atoms with Gasteiger partial charge >= 0.3 is 0 Å². The molecule has 0 aromatic heterocycles. The van der Waals surface area contributed by atoms with Crippen LogP contribution in [0.5, 0.6) is 5.75 Å². The maximum absolute atomic E-state index is 6.19. The Hall–Kier alpha value is -1.54. The summed E-state index contributed by atoms with van der Waals surface area (Å²) in [5.74, 6) is 1.07. The number of fused-ring (bicyclic) bond motifs is 1. The summed E-state index contributed by atoms with van der Waals surface area (Å²) in [4.78, 5) is 0. The van der Waals surface area contributed by atoms with E-state index < -0.39 is 0 Å². The summed E-state index contributed by atoms with van der Waals surface area (Å²) >= 11 is 0. The fourth-order valence-electron chi connectivity index (χ4n) is 3.90. The van der Waals surface area contributed by atoms with Crippen LogP contribution in [0.2, 0.25) is 0 Å². The largest absolute Gasteiger partial charge is 0.493 e. The van der Waals surface area contributed by atoms with Crippen LogP contribution >= 0.6 is 0 Å². The molecule has 1 aliphatic rings. The first-order valence-corrected chi connectivity index (χ1v) is 10.3. The molecule has 3 rings (SSSR count). The number of hydrogen-bond donors (Lipinski definition) is 1. The molecule has 0 saturated heterocycles. The third-order valence-electron chi connectivity index (χ3n) is 5.43. The van der Waals surface area contributed by atoms with Gasteiger partial charge in [-0.25, -0.2) is 0 Å². The molecule has 0 bridgehead atoms. The fourth-order valence-corrected chi connectivity index (χ4v) is 3.90. The highest BCUT2D eigenvalue weighted by atomic mass is 16.5. The van der Waals surface area contributed by atoms with Crippen molar-refractivity contribution in [1.82, 2.24) is 5.32 Å². The first-order valence-electron chi connectivity index (χ1n) is 10.3.